The topological polar surface area (TPSA) is 50.8 Å². The monoisotopic (exact) mass is 177 g/mol. The van der Waals surface area contributed by atoms with Crippen LogP contribution in [0.2, 0.25) is 0 Å². The van der Waals surface area contributed by atoms with Gasteiger partial charge in [0.2, 0.25) is 0 Å². The molecule has 70 valence electrons. The predicted octanol–water partition coefficient (Wildman–Crippen LogP) is 1.67. The lowest BCUT2D eigenvalue weighted by molar-refractivity contribution is 0.253. The highest BCUT2D eigenvalue weighted by Gasteiger charge is 2.32. The molecule has 1 rings (SSSR count). The molecule has 13 heavy (non-hydrogen) atoms. The Morgan fingerprint density at radius 2 is 1.77 bits per heavy atom. The molecule has 0 radical (unpaired) electrons. The van der Waals surface area contributed by atoms with Crippen LogP contribution in [0.4, 0.5) is 0 Å². The van der Waals surface area contributed by atoms with E-state index in [1.807, 2.05) is 4.90 Å². The Morgan fingerprint density at radius 3 is 2.15 bits per heavy atom. The number of unbranched alkanes of at least 4 members (excludes halogenated alkanes) is 1. The Bertz CT molecular complexity index is 214. The summed E-state index contributed by atoms with van der Waals surface area (Å²) in [6.45, 7) is 3.02. The van der Waals surface area contributed by atoms with Gasteiger partial charge in [-0.05, 0) is 19.3 Å². The van der Waals surface area contributed by atoms with E-state index in [1.165, 1.54) is 0 Å². The molecular formula is C10H15N3. The van der Waals surface area contributed by atoms with Gasteiger partial charge in [-0.15, -0.1) is 0 Å². The van der Waals surface area contributed by atoms with E-state index in [0.717, 1.165) is 32.2 Å². The summed E-state index contributed by atoms with van der Waals surface area (Å²) in [4.78, 5) is 2.05. The summed E-state index contributed by atoms with van der Waals surface area (Å²) in [5.41, 5.74) is 0. The molecule has 0 aliphatic carbocycles. The van der Waals surface area contributed by atoms with E-state index in [1.54, 1.807) is 0 Å². The second kappa shape index (κ2) is 4.84. The molecule has 1 aliphatic heterocycles. The molecule has 0 N–H and O–H groups in total. The van der Waals surface area contributed by atoms with Gasteiger partial charge in [0, 0.05) is 6.54 Å². The molecule has 1 saturated heterocycles. The molecule has 0 bridgehead atoms. The third-order valence-corrected chi connectivity index (χ3v) is 2.58. The van der Waals surface area contributed by atoms with Gasteiger partial charge in [0.25, 0.3) is 0 Å². The van der Waals surface area contributed by atoms with Crippen molar-refractivity contribution < 1.29 is 0 Å². The average Bonchev–Trinajstić information content (AvgIpc) is 2.56. The van der Waals surface area contributed by atoms with E-state index in [9.17, 15) is 0 Å². The molecule has 1 fully saturated rings. The van der Waals surface area contributed by atoms with Crippen molar-refractivity contribution >= 4 is 0 Å². The molecule has 0 aromatic heterocycles. The normalized spacial score (nSPS) is 28.2. The predicted molar refractivity (Wildman–Crippen MR) is 49.7 cm³/mol. The maximum atomic E-state index is 8.85. The SMILES string of the molecule is CCCCN1C(C#N)CCC1C#N. The highest BCUT2D eigenvalue weighted by Crippen LogP contribution is 2.23. The molecule has 1 heterocycles. The maximum Gasteiger partial charge on any atom is 0.0989 e. The molecule has 0 aromatic rings. The van der Waals surface area contributed by atoms with E-state index in [2.05, 4.69) is 19.1 Å². The number of likely N-dealkylation sites (tertiary alicyclic amines) is 1. The second-order valence-corrected chi connectivity index (χ2v) is 3.46. The first kappa shape index (κ1) is 10.0. The fourth-order valence-electron chi connectivity index (χ4n) is 1.79. The summed E-state index contributed by atoms with van der Waals surface area (Å²) in [5.74, 6) is 0. The quantitative estimate of drug-likeness (QED) is 0.658. The summed E-state index contributed by atoms with van der Waals surface area (Å²) in [6, 6.07) is 4.49. The van der Waals surface area contributed by atoms with Crippen molar-refractivity contribution in [2.45, 2.75) is 44.7 Å². The molecule has 0 saturated carbocycles. The third kappa shape index (κ3) is 2.20. The fraction of sp³-hybridized carbons (Fsp3) is 0.800. The van der Waals surface area contributed by atoms with E-state index in [-0.39, 0.29) is 12.1 Å². The number of nitrogens with zero attached hydrogens (tertiary/aromatic N) is 3. The van der Waals surface area contributed by atoms with Crippen molar-refractivity contribution in [1.29, 1.82) is 10.5 Å². The number of hydrogen-bond donors (Lipinski definition) is 0. The number of nitriles is 2. The van der Waals surface area contributed by atoms with E-state index in [4.69, 9.17) is 10.5 Å². The molecule has 1 aliphatic rings. The summed E-state index contributed by atoms with van der Waals surface area (Å²) < 4.78 is 0. The highest BCUT2D eigenvalue weighted by atomic mass is 15.2. The summed E-state index contributed by atoms with van der Waals surface area (Å²) in [5, 5.41) is 17.7. The van der Waals surface area contributed by atoms with Crippen LogP contribution in [0.3, 0.4) is 0 Å². The zero-order valence-corrected chi connectivity index (χ0v) is 8.03. The third-order valence-electron chi connectivity index (χ3n) is 2.58. The van der Waals surface area contributed by atoms with Gasteiger partial charge in [-0.3, -0.25) is 4.90 Å². The molecule has 3 heteroatoms. The second-order valence-electron chi connectivity index (χ2n) is 3.46. The van der Waals surface area contributed by atoms with Crippen molar-refractivity contribution in [3.8, 4) is 12.1 Å². The van der Waals surface area contributed by atoms with Crippen molar-refractivity contribution in [2.75, 3.05) is 6.54 Å². The first-order valence-corrected chi connectivity index (χ1v) is 4.88. The first-order chi connectivity index (χ1) is 6.33. The first-order valence-electron chi connectivity index (χ1n) is 4.88. The van der Waals surface area contributed by atoms with Crippen LogP contribution in [0.25, 0.3) is 0 Å². The molecule has 2 atom stereocenters. The minimum absolute atomic E-state index is 0.0174. The summed E-state index contributed by atoms with van der Waals surface area (Å²) >= 11 is 0. The van der Waals surface area contributed by atoms with Crippen LogP contribution in [0, 0.1) is 22.7 Å². The van der Waals surface area contributed by atoms with Gasteiger partial charge in [0.15, 0.2) is 0 Å². The molecule has 2 unspecified atom stereocenters. The minimum atomic E-state index is -0.0174. The lowest BCUT2D eigenvalue weighted by Gasteiger charge is -2.21. The molecule has 0 spiro atoms. The molecule has 0 aromatic carbocycles. The van der Waals surface area contributed by atoms with E-state index in [0.29, 0.717) is 0 Å². The smallest absolute Gasteiger partial charge is 0.0989 e. The van der Waals surface area contributed by atoms with Gasteiger partial charge in [0.05, 0.1) is 24.2 Å². The fourth-order valence-corrected chi connectivity index (χ4v) is 1.79. The van der Waals surface area contributed by atoms with E-state index >= 15 is 0 Å². The molecule has 3 nitrogen and oxygen atoms in total. The number of rotatable bonds is 3. The van der Waals surface area contributed by atoms with Gasteiger partial charge in [-0.25, -0.2) is 0 Å². The van der Waals surface area contributed by atoms with Gasteiger partial charge >= 0.3 is 0 Å². The van der Waals surface area contributed by atoms with Crippen molar-refractivity contribution in [2.24, 2.45) is 0 Å². The van der Waals surface area contributed by atoms with Crippen molar-refractivity contribution in [3.63, 3.8) is 0 Å². The Balaban J connectivity index is 2.54. The Hall–Kier alpha value is -1.06. The Morgan fingerprint density at radius 1 is 1.23 bits per heavy atom. The minimum Gasteiger partial charge on any atom is -0.272 e. The Labute approximate surface area is 79.6 Å². The lowest BCUT2D eigenvalue weighted by Crippen LogP contribution is -2.35. The standard InChI is InChI=1S/C10H15N3/c1-2-3-6-13-9(7-11)4-5-10(13)8-12/h9-10H,2-6H2,1H3. The Kier molecular flexibility index (Phi) is 3.73. The van der Waals surface area contributed by atoms with Crippen LogP contribution in [0.5, 0.6) is 0 Å². The maximum absolute atomic E-state index is 8.85. The number of hydrogen-bond acceptors (Lipinski definition) is 3. The molecule has 0 amide bonds. The van der Waals surface area contributed by atoms with Crippen LogP contribution in [0.15, 0.2) is 0 Å². The van der Waals surface area contributed by atoms with Gasteiger partial charge < -0.3 is 0 Å². The van der Waals surface area contributed by atoms with Gasteiger partial charge in [-0.2, -0.15) is 10.5 Å². The lowest BCUT2D eigenvalue weighted by atomic mass is 10.2. The zero-order valence-electron chi connectivity index (χ0n) is 8.03. The highest BCUT2D eigenvalue weighted by molar-refractivity contribution is 5.06. The van der Waals surface area contributed by atoms with Crippen LogP contribution >= 0.6 is 0 Å². The molecular weight excluding hydrogens is 162 g/mol. The van der Waals surface area contributed by atoms with E-state index < -0.39 is 0 Å². The summed E-state index contributed by atoms with van der Waals surface area (Å²) in [7, 11) is 0. The zero-order chi connectivity index (χ0) is 9.68. The van der Waals surface area contributed by atoms with Crippen LogP contribution in [0.1, 0.15) is 32.6 Å². The van der Waals surface area contributed by atoms with Gasteiger partial charge in [0.1, 0.15) is 0 Å². The van der Waals surface area contributed by atoms with Crippen LogP contribution < -0.4 is 0 Å². The van der Waals surface area contributed by atoms with Crippen LogP contribution in [-0.4, -0.2) is 23.5 Å². The largest absolute Gasteiger partial charge is 0.272 e. The average molecular weight is 177 g/mol. The van der Waals surface area contributed by atoms with Gasteiger partial charge in [-0.1, -0.05) is 13.3 Å². The van der Waals surface area contributed by atoms with Crippen LogP contribution in [-0.2, 0) is 0 Å². The van der Waals surface area contributed by atoms with Crippen molar-refractivity contribution in [1.82, 2.24) is 4.90 Å². The summed E-state index contributed by atoms with van der Waals surface area (Å²) in [6.07, 6.45) is 3.92. The van der Waals surface area contributed by atoms with Crippen molar-refractivity contribution in [3.05, 3.63) is 0 Å².